The van der Waals surface area contributed by atoms with Gasteiger partial charge in [0.05, 0.1) is 18.9 Å². The number of esters is 1. The first-order chi connectivity index (χ1) is 8.56. The quantitative estimate of drug-likeness (QED) is 0.552. The third kappa shape index (κ3) is 1.79. The lowest BCUT2D eigenvalue weighted by Gasteiger charge is -2.15. The Balaban J connectivity index is 2.57. The van der Waals surface area contributed by atoms with E-state index < -0.39 is 5.97 Å². The number of ether oxygens (including phenoxy) is 1. The van der Waals surface area contributed by atoms with Crippen LogP contribution in [0.15, 0.2) is 36.0 Å². The highest BCUT2D eigenvalue weighted by Gasteiger charge is 2.34. The molecule has 0 saturated heterocycles. The molecule has 0 fully saturated rings. The van der Waals surface area contributed by atoms with Gasteiger partial charge in [-0.2, -0.15) is 0 Å². The molecule has 0 aliphatic carbocycles. The fourth-order valence-electron chi connectivity index (χ4n) is 1.87. The zero-order valence-electron chi connectivity index (χ0n) is 9.97. The average molecular weight is 245 g/mol. The van der Waals surface area contributed by atoms with Gasteiger partial charge >= 0.3 is 5.97 Å². The molecule has 0 spiro atoms. The molecule has 18 heavy (non-hydrogen) atoms. The molecule has 1 aromatic carbocycles. The van der Waals surface area contributed by atoms with Crippen molar-refractivity contribution in [3.63, 3.8) is 0 Å². The Morgan fingerprint density at radius 2 is 1.94 bits per heavy atom. The van der Waals surface area contributed by atoms with Gasteiger partial charge in [-0.1, -0.05) is 12.1 Å². The predicted molar refractivity (Wildman–Crippen MR) is 64.0 cm³/mol. The van der Waals surface area contributed by atoms with Gasteiger partial charge in [0.2, 0.25) is 11.7 Å². The number of carbonyl (C=O) groups is 3. The van der Waals surface area contributed by atoms with Crippen LogP contribution in [-0.4, -0.2) is 24.8 Å². The highest BCUT2D eigenvalue weighted by Crippen LogP contribution is 2.34. The number of benzene rings is 1. The van der Waals surface area contributed by atoms with Gasteiger partial charge in [0.25, 0.3) is 0 Å². The van der Waals surface area contributed by atoms with Crippen LogP contribution in [0.5, 0.6) is 0 Å². The van der Waals surface area contributed by atoms with Crippen LogP contribution in [-0.2, 0) is 14.3 Å². The van der Waals surface area contributed by atoms with Crippen molar-refractivity contribution in [2.24, 2.45) is 0 Å². The standard InChI is InChI=1S/C13H11NO4/c1-8(15)14-10-6-4-3-5-9(10)13(17)11(14)7-12(16)18-2/h3-7H,1-2H3/b11-7-. The van der Waals surface area contributed by atoms with E-state index in [0.29, 0.717) is 11.3 Å². The molecule has 0 unspecified atom stereocenters. The lowest BCUT2D eigenvalue weighted by atomic mass is 10.1. The topological polar surface area (TPSA) is 63.7 Å². The number of ketones is 1. The van der Waals surface area contributed by atoms with Gasteiger partial charge < -0.3 is 4.74 Å². The van der Waals surface area contributed by atoms with Gasteiger partial charge in [-0.25, -0.2) is 4.79 Å². The summed E-state index contributed by atoms with van der Waals surface area (Å²) >= 11 is 0. The van der Waals surface area contributed by atoms with Gasteiger partial charge in [-0.3, -0.25) is 14.5 Å². The highest BCUT2D eigenvalue weighted by atomic mass is 16.5. The normalized spacial score (nSPS) is 15.8. The third-order valence-electron chi connectivity index (χ3n) is 2.63. The van der Waals surface area contributed by atoms with Gasteiger partial charge in [-0.15, -0.1) is 0 Å². The Labute approximate surface area is 104 Å². The fraction of sp³-hybridized carbons (Fsp3) is 0.154. The number of carbonyl (C=O) groups excluding carboxylic acids is 3. The molecule has 5 heteroatoms. The summed E-state index contributed by atoms with van der Waals surface area (Å²) in [6.07, 6.45) is 1.03. The molecule has 5 nitrogen and oxygen atoms in total. The molecule has 1 amide bonds. The molecular formula is C13H11NO4. The van der Waals surface area contributed by atoms with Crippen LogP contribution >= 0.6 is 0 Å². The fourth-order valence-corrected chi connectivity index (χ4v) is 1.87. The summed E-state index contributed by atoms with van der Waals surface area (Å²) in [5.41, 5.74) is 0.920. The van der Waals surface area contributed by atoms with Crippen molar-refractivity contribution in [2.75, 3.05) is 12.0 Å². The number of hydrogen-bond donors (Lipinski definition) is 0. The maximum atomic E-state index is 12.1. The summed E-state index contributed by atoms with van der Waals surface area (Å²) in [5, 5.41) is 0. The molecule has 1 aliphatic rings. The van der Waals surface area contributed by atoms with Crippen LogP contribution in [0, 0.1) is 0 Å². The number of allylic oxidation sites excluding steroid dienone is 1. The zero-order valence-corrected chi connectivity index (χ0v) is 9.97. The molecular weight excluding hydrogens is 234 g/mol. The summed E-state index contributed by atoms with van der Waals surface area (Å²) in [5.74, 6) is -1.35. The van der Waals surface area contributed by atoms with Gasteiger partial charge in [0.15, 0.2) is 0 Å². The van der Waals surface area contributed by atoms with Crippen LogP contribution in [0.2, 0.25) is 0 Å². The predicted octanol–water partition coefficient (Wildman–Crippen LogP) is 1.29. The number of rotatable bonds is 1. The number of anilines is 1. The Kier molecular flexibility index (Phi) is 2.97. The molecule has 2 rings (SSSR count). The zero-order chi connectivity index (χ0) is 13.3. The van der Waals surface area contributed by atoms with E-state index in [-0.39, 0.29) is 17.4 Å². The molecule has 92 valence electrons. The number of methoxy groups -OCH3 is 1. The summed E-state index contributed by atoms with van der Waals surface area (Å²) in [6, 6.07) is 6.71. The van der Waals surface area contributed by atoms with E-state index in [0.717, 1.165) is 6.08 Å². The largest absolute Gasteiger partial charge is 0.466 e. The smallest absolute Gasteiger partial charge is 0.332 e. The third-order valence-corrected chi connectivity index (χ3v) is 2.63. The molecule has 0 bridgehead atoms. The molecule has 1 aromatic rings. The number of hydrogen-bond acceptors (Lipinski definition) is 4. The highest BCUT2D eigenvalue weighted by molar-refractivity contribution is 6.26. The maximum Gasteiger partial charge on any atom is 0.332 e. The second-order valence-electron chi connectivity index (χ2n) is 3.75. The van der Waals surface area contributed by atoms with Crippen molar-refractivity contribution in [3.05, 3.63) is 41.6 Å². The van der Waals surface area contributed by atoms with E-state index in [2.05, 4.69) is 4.74 Å². The molecule has 0 atom stereocenters. The minimum atomic E-state index is -0.669. The van der Waals surface area contributed by atoms with Crippen molar-refractivity contribution in [1.29, 1.82) is 0 Å². The van der Waals surface area contributed by atoms with Crippen LogP contribution < -0.4 is 4.90 Å². The molecule has 0 aromatic heterocycles. The van der Waals surface area contributed by atoms with Gasteiger partial charge in [-0.05, 0) is 12.1 Å². The Bertz CT molecular complexity index is 574. The summed E-state index contributed by atoms with van der Waals surface area (Å²) in [7, 11) is 1.21. The van der Waals surface area contributed by atoms with E-state index in [1.807, 2.05) is 0 Å². The van der Waals surface area contributed by atoms with E-state index in [9.17, 15) is 14.4 Å². The minimum absolute atomic E-state index is 0.0237. The summed E-state index contributed by atoms with van der Waals surface area (Å²) in [4.78, 5) is 36.2. The minimum Gasteiger partial charge on any atom is -0.466 e. The number of nitrogens with zero attached hydrogens (tertiary/aromatic N) is 1. The van der Waals surface area contributed by atoms with Crippen LogP contribution in [0.1, 0.15) is 17.3 Å². The van der Waals surface area contributed by atoms with E-state index in [1.54, 1.807) is 24.3 Å². The van der Waals surface area contributed by atoms with E-state index >= 15 is 0 Å². The Morgan fingerprint density at radius 3 is 2.56 bits per heavy atom. The van der Waals surface area contributed by atoms with Crippen molar-refractivity contribution in [1.82, 2.24) is 0 Å². The lowest BCUT2D eigenvalue weighted by Crippen LogP contribution is -2.26. The van der Waals surface area contributed by atoms with Crippen LogP contribution in [0.3, 0.4) is 0 Å². The monoisotopic (exact) mass is 245 g/mol. The molecule has 0 radical (unpaired) electrons. The van der Waals surface area contributed by atoms with E-state index in [1.165, 1.54) is 18.9 Å². The molecule has 1 aliphatic heterocycles. The second-order valence-corrected chi connectivity index (χ2v) is 3.75. The first kappa shape index (κ1) is 12.0. The molecule has 0 saturated carbocycles. The second kappa shape index (κ2) is 4.44. The summed E-state index contributed by atoms with van der Waals surface area (Å²) < 4.78 is 4.48. The SMILES string of the molecule is COC(=O)/C=C1/C(=O)c2ccccc2N1C(C)=O. The van der Waals surface area contributed by atoms with Gasteiger partial charge in [0.1, 0.15) is 5.70 Å². The van der Waals surface area contributed by atoms with Crippen molar-refractivity contribution in [2.45, 2.75) is 6.92 Å². The molecule has 1 heterocycles. The van der Waals surface area contributed by atoms with Crippen molar-refractivity contribution >= 4 is 23.3 Å². The first-order valence-corrected chi connectivity index (χ1v) is 5.30. The van der Waals surface area contributed by atoms with Crippen molar-refractivity contribution in [3.8, 4) is 0 Å². The number of Topliss-reactive ketones (excluding diaryl/α,β-unsaturated/α-hetero) is 1. The summed E-state index contributed by atoms with van der Waals surface area (Å²) in [6.45, 7) is 1.33. The van der Waals surface area contributed by atoms with Crippen LogP contribution in [0.4, 0.5) is 5.69 Å². The number of para-hydroxylation sites is 1. The van der Waals surface area contributed by atoms with Gasteiger partial charge in [0, 0.05) is 12.5 Å². The first-order valence-electron chi connectivity index (χ1n) is 5.30. The molecule has 0 N–H and O–H groups in total. The number of fused-ring (bicyclic) bond motifs is 1. The van der Waals surface area contributed by atoms with Crippen molar-refractivity contribution < 1.29 is 19.1 Å². The average Bonchev–Trinajstić information content (AvgIpc) is 2.63. The Morgan fingerprint density at radius 1 is 1.28 bits per heavy atom. The number of amides is 1. The van der Waals surface area contributed by atoms with E-state index in [4.69, 9.17) is 0 Å². The lowest BCUT2D eigenvalue weighted by molar-refractivity contribution is -0.134. The van der Waals surface area contributed by atoms with Crippen LogP contribution in [0.25, 0.3) is 0 Å². The Hall–Kier alpha value is -2.43. The maximum absolute atomic E-state index is 12.1.